The van der Waals surface area contributed by atoms with Crippen molar-refractivity contribution in [3.63, 3.8) is 0 Å². The molecule has 2 aromatic heterocycles. The van der Waals surface area contributed by atoms with Crippen molar-refractivity contribution < 1.29 is 4.42 Å². The van der Waals surface area contributed by atoms with Crippen LogP contribution < -0.4 is 5.32 Å². The standard InChI is InChI=1S/C10H11Br2N3O/c1-6-9(5-15(2)14-6)13-4-7-3-8(11)10(12)16-7/h3,5,13H,4H2,1-2H3. The lowest BCUT2D eigenvalue weighted by atomic mass is 10.4. The molecule has 4 nitrogen and oxygen atoms in total. The molecule has 0 spiro atoms. The average Bonchev–Trinajstić information content (AvgIpc) is 2.68. The Balaban J connectivity index is 2.04. The molecular weight excluding hydrogens is 338 g/mol. The van der Waals surface area contributed by atoms with Gasteiger partial charge in [0.1, 0.15) is 5.76 Å². The van der Waals surface area contributed by atoms with E-state index >= 15 is 0 Å². The first kappa shape index (κ1) is 11.7. The molecule has 0 aliphatic rings. The lowest BCUT2D eigenvalue weighted by molar-refractivity contribution is 0.494. The summed E-state index contributed by atoms with van der Waals surface area (Å²) in [5.41, 5.74) is 2.00. The fourth-order valence-electron chi connectivity index (χ4n) is 1.43. The second-order valence-corrected chi connectivity index (χ2v) is 5.06. The molecule has 6 heteroatoms. The molecule has 0 saturated heterocycles. The molecule has 0 radical (unpaired) electrons. The van der Waals surface area contributed by atoms with Crippen LogP contribution in [0.3, 0.4) is 0 Å². The SMILES string of the molecule is Cc1nn(C)cc1NCc1cc(Br)c(Br)o1. The number of anilines is 1. The monoisotopic (exact) mass is 347 g/mol. The van der Waals surface area contributed by atoms with Crippen LogP contribution in [0.15, 0.2) is 25.8 Å². The van der Waals surface area contributed by atoms with Crippen LogP contribution in [-0.2, 0) is 13.6 Å². The van der Waals surface area contributed by atoms with Crippen LogP contribution in [0, 0.1) is 6.92 Å². The van der Waals surface area contributed by atoms with Gasteiger partial charge in [0.25, 0.3) is 0 Å². The summed E-state index contributed by atoms with van der Waals surface area (Å²) >= 11 is 6.68. The molecule has 0 atom stereocenters. The first-order chi connectivity index (χ1) is 7.56. The molecule has 0 bridgehead atoms. The smallest absolute Gasteiger partial charge is 0.183 e. The number of aromatic nitrogens is 2. The van der Waals surface area contributed by atoms with Crippen LogP contribution in [0.25, 0.3) is 0 Å². The van der Waals surface area contributed by atoms with Crippen LogP contribution in [0.1, 0.15) is 11.5 Å². The number of rotatable bonds is 3. The maximum atomic E-state index is 5.46. The third-order valence-electron chi connectivity index (χ3n) is 2.16. The number of nitrogens with one attached hydrogen (secondary N) is 1. The Morgan fingerprint density at radius 1 is 1.50 bits per heavy atom. The number of furan rings is 1. The fraction of sp³-hybridized carbons (Fsp3) is 0.300. The molecule has 0 aromatic carbocycles. The number of hydrogen-bond acceptors (Lipinski definition) is 3. The quantitative estimate of drug-likeness (QED) is 0.923. The Morgan fingerprint density at radius 3 is 2.75 bits per heavy atom. The highest BCUT2D eigenvalue weighted by Crippen LogP contribution is 2.27. The minimum atomic E-state index is 0.636. The van der Waals surface area contributed by atoms with E-state index in [9.17, 15) is 0 Å². The Kier molecular flexibility index (Phi) is 3.39. The summed E-state index contributed by atoms with van der Waals surface area (Å²) in [6.45, 7) is 2.60. The van der Waals surface area contributed by atoms with Gasteiger partial charge in [-0.05, 0) is 44.8 Å². The van der Waals surface area contributed by atoms with Gasteiger partial charge in [0.15, 0.2) is 4.67 Å². The van der Waals surface area contributed by atoms with Crippen molar-refractivity contribution in [2.45, 2.75) is 13.5 Å². The number of halogens is 2. The van der Waals surface area contributed by atoms with Crippen LogP contribution in [0.5, 0.6) is 0 Å². The molecule has 0 aliphatic heterocycles. The molecule has 2 heterocycles. The zero-order valence-corrected chi connectivity index (χ0v) is 12.1. The van der Waals surface area contributed by atoms with Gasteiger partial charge in [-0.2, -0.15) is 5.10 Å². The van der Waals surface area contributed by atoms with Gasteiger partial charge in [0.05, 0.1) is 22.4 Å². The van der Waals surface area contributed by atoms with Crippen molar-refractivity contribution in [3.8, 4) is 0 Å². The van der Waals surface area contributed by atoms with Crippen molar-refractivity contribution in [2.75, 3.05) is 5.32 Å². The highest BCUT2D eigenvalue weighted by atomic mass is 79.9. The molecule has 0 fully saturated rings. The molecule has 0 aliphatic carbocycles. The predicted octanol–water partition coefficient (Wildman–Crippen LogP) is 3.46. The van der Waals surface area contributed by atoms with Crippen molar-refractivity contribution in [3.05, 3.63) is 32.9 Å². The predicted molar refractivity (Wildman–Crippen MR) is 69.4 cm³/mol. The van der Waals surface area contributed by atoms with Crippen LogP contribution in [0.2, 0.25) is 0 Å². The summed E-state index contributed by atoms with van der Waals surface area (Å²) in [6, 6.07) is 1.93. The van der Waals surface area contributed by atoms with E-state index in [0.29, 0.717) is 11.2 Å². The molecule has 2 rings (SSSR count). The van der Waals surface area contributed by atoms with Gasteiger partial charge < -0.3 is 9.73 Å². The van der Waals surface area contributed by atoms with E-state index in [1.54, 1.807) is 4.68 Å². The van der Waals surface area contributed by atoms with E-state index in [2.05, 4.69) is 42.3 Å². The van der Waals surface area contributed by atoms with Crippen molar-refractivity contribution in [1.29, 1.82) is 0 Å². The molecule has 86 valence electrons. The summed E-state index contributed by atoms with van der Waals surface area (Å²) < 4.78 is 8.88. The maximum Gasteiger partial charge on any atom is 0.183 e. The van der Waals surface area contributed by atoms with Crippen LogP contribution in [-0.4, -0.2) is 9.78 Å². The van der Waals surface area contributed by atoms with E-state index in [4.69, 9.17) is 4.42 Å². The highest BCUT2D eigenvalue weighted by molar-refractivity contribution is 9.13. The van der Waals surface area contributed by atoms with Crippen molar-refractivity contribution >= 4 is 37.5 Å². The summed E-state index contributed by atoms with van der Waals surface area (Å²) in [6.07, 6.45) is 1.95. The Labute approximate surface area is 110 Å². The van der Waals surface area contributed by atoms with E-state index in [1.807, 2.05) is 26.2 Å². The normalized spacial score (nSPS) is 10.8. The van der Waals surface area contributed by atoms with Crippen LogP contribution in [0.4, 0.5) is 5.69 Å². The Morgan fingerprint density at radius 2 is 2.25 bits per heavy atom. The van der Waals surface area contributed by atoms with Gasteiger partial charge in [-0.15, -0.1) is 0 Å². The Bertz CT molecular complexity index is 485. The van der Waals surface area contributed by atoms with Crippen molar-refractivity contribution in [2.24, 2.45) is 7.05 Å². The molecule has 0 unspecified atom stereocenters. The number of hydrogen-bond donors (Lipinski definition) is 1. The molecule has 2 aromatic rings. The highest BCUT2D eigenvalue weighted by Gasteiger charge is 2.07. The van der Waals surface area contributed by atoms with Gasteiger partial charge in [-0.3, -0.25) is 4.68 Å². The summed E-state index contributed by atoms with van der Waals surface area (Å²) in [5, 5.41) is 7.52. The van der Waals surface area contributed by atoms with Gasteiger partial charge in [-0.25, -0.2) is 0 Å². The van der Waals surface area contributed by atoms with Gasteiger partial charge in [-0.1, -0.05) is 0 Å². The topological polar surface area (TPSA) is 43.0 Å². The molecular formula is C10H11Br2N3O. The largest absolute Gasteiger partial charge is 0.451 e. The molecule has 1 N–H and O–H groups in total. The van der Waals surface area contributed by atoms with Gasteiger partial charge in [0, 0.05) is 13.2 Å². The van der Waals surface area contributed by atoms with E-state index in [0.717, 1.165) is 21.6 Å². The summed E-state index contributed by atoms with van der Waals surface area (Å²) in [5.74, 6) is 0.863. The fourth-order valence-corrected chi connectivity index (χ4v) is 2.09. The zero-order valence-electron chi connectivity index (χ0n) is 8.92. The second kappa shape index (κ2) is 4.63. The zero-order chi connectivity index (χ0) is 11.7. The Hall–Kier alpha value is -0.750. The molecule has 0 amide bonds. The number of nitrogens with zero attached hydrogens (tertiary/aromatic N) is 2. The third kappa shape index (κ3) is 2.49. The number of aryl methyl sites for hydroxylation is 2. The molecule has 16 heavy (non-hydrogen) atoms. The first-order valence-corrected chi connectivity index (χ1v) is 6.32. The third-order valence-corrected chi connectivity index (χ3v) is 3.87. The summed E-state index contributed by atoms with van der Waals surface area (Å²) in [7, 11) is 1.90. The van der Waals surface area contributed by atoms with Crippen LogP contribution >= 0.6 is 31.9 Å². The van der Waals surface area contributed by atoms with E-state index < -0.39 is 0 Å². The molecule has 0 saturated carbocycles. The average molecular weight is 349 g/mol. The minimum Gasteiger partial charge on any atom is -0.451 e. The van der Waals surface area contributed by atoms with Gasteiger partial charge in [0.2, 0.25) is 0 Å². The van der Waals surface area contributed by atoms with Gasteiger partial charge >= 0.3 is 0 Å². The lowest BCUT2D eigenvalue weighted by Gasteiger charge is -2.00. The summed E-state index contributed by atoms with van der Waals surface area (Å²) in [4.78, 5) is 0. The maximum absolute atomic E-state index is 5.46. The lowest BCUT2D eigenvalue weighted by Crippen LogP contribution is -1.98. The van der Waals surface area contributed by atoms with E-state index in [-0.39, 0.29) is 0 Å². The van der Waals surface area contributed by atoms with E-state index in [1.165, 1.54) is 0 Å². The van der Waals surface area contributed by atoms with Crippen molar-refractivity contribution in [1.82, 2.24) is 9.78 Å². The second-order valence-electron chi connectivity index (χ2n) is 3.49. The first-order valence-electron chi connectivity index (χ1n) is 4.74. The minimum absolute atomic E-state index is 0.636.